The highest BCUT2D eigenvalue weighted by Crippen LogP contribution is 2.20. The van der Waals surface area contributed by atoms with E-state index in [9.17, 15) is 14.4 Å². The first-order chi connectivity index (χ1) is 12.9. The molecule has 27 heavy (non-hydrogen) atoms. The van der Waals surface area contributed by atoms with Crippen LogP contribution in [0.25, 0.3) is 0 Å². The lowest BCUT2D eigenvalue weighted by Crippen LogP contribution is -3.15. The van der Waals surface area contributed by atoms with E-state index in [4.69, 9.17) is 16.3 Å². The van der Waals surface area contributed by atoms with Crippen molar-refractivity contribution in [3.05, 3.63) is 29.3 Å². The van der Waals surface area contributed by atoms with Gasteiger partial charge in [0.15, 0.2) is 6.54 Å². The molecule has 0 unspecified atom stereocenters. The SMILES string of the molecule is CCOC(=O)N1CC[NH+](CC(=O)N(C)CC(=O)Nc2ccccc2Cl)CC1. The summed E-state index contributed by atoms with van der Waals surface area (Å²) in [5, 5.41) is 3.15. The number of hydrogen-bond donors (Lipinski definition) is 2. The molecule has 2 rings (SSSR count). The number of carbonyl (C=O) groups excluding carboxylic acids is 3. The lowest BCUT2D eigenvalue weighted by molar-refractivity contribution is -0.896. The fraction of sp³-hybridized carbons (Fsp3) is 0.500. The van der Waals surface area contributed by atoms with Gasteiger partial charge in [-0.15, -0.1) is 0 Å². The molecule has 1 aromatic carbocycles. The summed E-state index contributed by atoms with van der Waals surface area (Å²) in [7, 11) is 1.60. The number of piperazine rings is 1. The van der Waals surface area contributed by atoms with Crippen molar-refractivity contribution in [1.29, 1.82) is 0 Å². The number of anilines is 1. The second-order valence-electron chi connectivity index (χ2n) is 6.39. The fourth-order valence-corrected chi connectivity index (χ4v) is 2.98. The van der Waals surface area contributed by atoms with Gasteiger partial charge in [-0.25, -0.2) is 4.79 Å². The van der Waals surface area contributed by atoms with Gasteiger partial charge in [0.1, 0.15) is 0 Å². The molecule has 1 aliphatic rings. The zero-order valence-electron chi connectivity index (χ0n) is 15.7. The Kier molecular flexibility index (Phi) is 7.87. The van der Waals surface area contributed by atoms with E-state index >= 15 is 0 Å². The van der Waals surface area contributed by atoms with Crippen molar-refractivity contribution in [3.8, 4) is 0 Å². The molecule has 3 amide bonds. The van der Waals surface area contributed by atoms with Crippen LogP contribution in [0.2, 0.25) is 5.02 Å². The minimum atomic E-state index is -0.309. The van der Waals surface area contributed by atoms with Crippen LogP contribution >= 0.6 is 11.6 Å². The van der Waals surface area contributed by atoms with Crippen molar-refractivity contribution < 1.29 is 24.0 Å². The van der Waals surface area contributed by atoms with E-state index in [1.807, 2.05) is 0 Å². The molecule has 0 saturated carbocycles. The molecule has 0 aliphatic carbocycles. The molecule has 1 aliphatic heterocycles. The van der Waals surface area contributed by atoms with E-state index in [-0.39, 0.29) is 31.0 Å². The highest BCUT2D eigenvalue weighted by Gasteiger charge is 2.27. The summed E-state index contributed by atoms with van der Waals surface area (Å²) >= 11 is 6.01. The van der Waals surface area contributed by atoms with Gasteiger partial charge in [-0.2, -0.15) is 0 Å². The number of benzene rings is 1. The standard InChI is InChI=1S/C18H25ClN4O4/c1-3-27-18(26)23-10-8-22(9-11-23)13-17(25)21(2)12-16(24)20-15-7-5-4-6-14(15)19/h4-7H,3,8-13H2,1-2H3,(H,20,24)/p+1. The van der Waals surface area contributed by atoms with Gasteiger partial charge in [-0.1, -0.05) is 23.7 Å². The van der Waals surface area contributed by atoms with Crippen molar-refractivity contribution in [2.45, 2.75) is 6.92 Å². The molecule has 1 heterocycles. The van der Waals surface area contributed by atoms with E-state index < -0.39 is 0 Å². The van der Waals surface area contributed by atoms with Crippen LogP contribution in [0.15, 0.2) is 24.3 Å². The Balaban J connectivity index is 1.75. The number of likely N-dealkylation sites (N-methyl/N-ethyl adjacent to an activating group) is 1. The van der Waals surface area contributed by atoms with Gasteiger partial charge in [0.25, 0.3) is 5.91 Å². The maximum absolute atomic E-state index is 12.4. The molecule has 0 spiro atoms. The number of para-hydroxylation sites is 1. The maximum Gasteiger partial charge on any atom is 0.410 e. The number of nitrogens with one attached hydrogen (secondary N) is 2. The molecular formula is C18H26ClN4O4+. The van der Waals surface area contributed by atoms with E-state index in [2.05, 4.69) is 5.32 Å². The third kappa shape index (κ3) is 6.41. The molecule has 0 aromatic heterocycles. The van der Waals surface area contributed by atoms with E-state index in [0.717, 1.165) is 4.90 Å². The zero-order chi connectivity index (χ0) is 19.8. The minimum absolute atomic E-state index is 0.0493. The lowest BCUT2D eigenvalue weighted by atomic mass is 10.3. The monoisotopic (exact) mass is 397 g/mol. The second kappa shape index (κ2) is 10.1. The Morgan fingerprint density at radius 3 is 2.56 bits per heavy atom. The quantitative estimate of drug-likeness (QED) is 0.713. The summed E-state index contributed by atoms with van der Waals surface area (Å²) in [5.41, 5.74) is 0.519. The summed E-state index contributed by atoms with van der Waals surface area (Å²) in [6.45, 7) is 4.81. The average molecular weight is 398 g/mol. The Morgan fingerprint density at radius 2 is 1.93 bits per heavy atom. The summed E-state index contributed by atoms with van der Waals surface area (Å²) in [6.07, 6.45) is -0.309. The Bertz CT molecular complexity index is 677. The third-order valence-corrected chi connectivity index (χ3v) is 4.68. The highest BCUT2D eigenvalue weighted by molar-refractivity contribution is 6.33. The van der Waals surface area contributed by atoms with Crippen LogP contribution in [0.1, 0.15) is 6.92 Å². The van der Waals surface area contributed by atoms with Gasteiger partial charge in [-0.05, 0) is 19.1 Å². The highest BCUT2D eigenvalue weighted by atomic mass is 35.5. The predicted molar refractivity (Wildman–Crippen MR) is 102 cm³/mol. The van der Waals surface area contributed by atoms with Gasteiger partial charge in [0, 0.05) is 7.05 Å². The summed E-state index contributed by atoms with van der Waals surface area (Å²) in [4.78, 5) is 40.3. The zero-order valence-corrected chi connectivity index (χ0v) is 16.4. The number of rotatable bonds is 6. The smallest absolute Gasteiger partial charge is 0.410 e. The van der Waals surface area contributed by atoms with Gasteiger partial charge in [0.2, 0.25) is 5.91 Å². The van der Waals surface area contributed by atoms with Crippen LogP contribution < -0.4 is 10.2 Å². The largest absolute Gasteiger partial charge is 0.450 e. The third-order valence-electron chi connectivity index (χ3n) is 4.35. The number of halogens is 1. The molecule has 0 radical (unpaired) electrons. The number of ether oxygens (including phenoxy) is 1. The molecule has 9 heteroatoms. The predicted octanol–water partition coefficient (Wildman–Crippen LogP) is 0.0939. The van der Waals surface area contributed by atoms with Gasteiger partial charge in [0.05, 0.1) is 50.0 Å². The molecule has 1 saturated heterocycles. The van der Waals surface area contributed by atoms with Crippen LogP contribution in [0.4, 0.5) is 10.5 Å². The van der Waals surface area contributed by atoms with Crippen LogP contribution in [0.3, 0.4) is 0 Å². The number of quaternary nitrogens is 1. The summed E-state index contributed by atoms with van der Waals surface area (Å²) in [5.74, 6) is -0.426. The Hall–Kier alpha value is -2.32. The second-order valence-corrected chi connectivity index (χ2v) is 6.80. The van der Waals surface area contributed by atoms with Gasteiger partial charge in [-0.3, -0.25) is 14.5 Å². The van der Waals surface area contributed by atoms with Crippen molar-refractivity contribution in [3.63, 3.8) is 0 Å². The average Bonchev–Trinajstić information content (AvgIpc) is 2.64. The topological polar surface area (TPSA) is 83.4 Å². The molecule has 0 bridgehead atoms. The molecular weight excluding hydrogens is 372 g/mol. The van der Waals surface area contributed by atoms with Crippen LogP contribution in [-0.2, 0) is 14.3 Å². The molecule has 8 nitrogen and oxygen atoms in total. The van der Waals surface area contributed by atoms with E-state index in [1.54, 1.807) is 43.1 Å². The normalized spacial score (nSPS) is 14.6. The fourth-order valence-electron chi connectivity index (χ4n) is 2.80. The molecule has 2 N–H and O–H groups in total. The first-order valence-electron chi connectivity index (χ1n) is 8.94. The Morgan fingerprint density at radius 1 is 1.26 bits per heavy atom. The number of hydrogen-bond acceptors (Lipinski definition) is 4. The molecule has 0 atom stereocenters. The molecule has 1 aromatic rings. The summed E-state index contributed by atoms with van der Waals surface area (Å²) < 4.78 is 4.99. The Labute approximate surface area is 164 Å². The first-order valence-corrected chi connectivity index (χ1v) is 9.32. The maximum atomic E-state index is 12.4. The van der Waals surface area contributed by atoms with Crippen molar-refractivity contribution in [1.82, 2.24) is 9.80 Å². The van der Waals surface area contributed by atoms with Crippen LogP contribution in [0.5, 0.6) is 0 Å². The minimum Gasteiger partial charge on any atom is -0.450 e. The van der Waals surface area contributed by atoms with Crippen LogP contribution in [-0.4, -0.2) is 80.6 Å². The molecule has 148 valence electrons. The van der Waals surface area contributed by atoms with Crippen molar-refractivity contribution in [2.24, 2.45) is 0 Å². The summed E-state index contributed by atoms with van der Waals surface area (Å²) in [6, 6.07) is 6.94. The van der Waals surface area contributed by atoms with Crippen molar-refractivity contribution in [2.75, 3.05) is 58.2 Å². The van der Waals surface area contributed by atoms with Crippen LogP contribution in [0, 0.1) is 0 Å². The van der Waals surface area contributed by atoms with Gasteiger partial charge >= 0.3 is 6.09 Å². The van der Waals surface area contributed by atoms with Gasteiger partial charge < -0.3 is 19.9 Å². The number of carbonyl (C=O) groups is 3. The van der Waals surface area contributed by atoms with E-state index in [0.29, 0.717) is 43.5 Å². The first kappa shape index (κ1) is 21.0. The van der Waals surface area contributed by atoms with Crippen molar-refractivity contribution >= 4 is 35.2 Å². The lowest BCUT2D eigenvalue weighted by Gasteiger charge is -2.31. The number of amides is 3. The van der Waals surface area contributed by atoms with E-state index in [1.165, 1.54) is 4.90 Å². The number of nitrogens with zero attached hydrogens (tertiary/aromatic N) is 2. The molecule has 1 fully saturated rings.